The largest absolute Gasteiger partial charge is 0.466 e. The minimum absolute atomic E-state index is 0.0762. The van der Waals surface area contributed by atoms with Crippen molar-refractivity contribution in [2.45, 2.75) is 38.8 Å². The summed E-state index contributed by atoms with van der Waals surface area (Å²) >= 11 is 0. The lowest BCUT2D eigenvalue weighted by Gasteiger charge is -2.27. The van der Waals surface area contributed by atoms with Crippen molar-refractivity contribution in [2.75, 3.05) is 21.3 Å². The maximum atomic E-state index is 12.8. The summed E-state index contributed by atoms with van der Waals surface area (Å²) in [6.07, 6.45) is 2.22. The van der Waals surface area contributed by atoms with Crippen LogP contribution in [0.5, 0.6) is 0 Å². The van der Waals surface area contributed by atoms with Gasteiger partial charge in [0.05, 0.1) is 38.5 Å². The van der Waals surface area contributed by atoms with E-state index in [1.54, 1.807) is 52.0 Å². The summed E-state index contributed by atoms with van der Waals surface area (Å²) < 4.78 is 19.7. The Labute approximate surface area is 197 Å². The molecule has 10 heteroatoms. The summed E-state index contributed by atoms with van der Waals surface area (Å²) in [7, 11) is 3.62. The Morgan fingerprint density at radius 3 is 2.09 bits per heavy atom. The lowest BCUT2D eigenvalue weighted by Crippen LogP contribution is -2.47. The number of carbonyl (C=O) groups excluding carboxylic acids is 4. The fraction of sp³-hybridized carbons (Fsp3) is 0.375. The lowest BCUT2D eigenvalue weighted by atomic mass is 9.92. The molecule has 0 radical (unpaired) electrons. The molecule has 1 N–H and O–H groups in total. The van der Waals surface area contributed by atoms with Crippen LogP contribution in [0.1, 0.15) is 43.6 Å². The Kier molecular flexibility index (Phi) is 7.99. The SMILES string of the molecule is COC(=O)/C=C(\C(=O)OC)C(C)(C)NC(=O)c1ccc(C2=NC(C)(C)/C(=C\C(=O)OC)O2)cc1. The summed E-state index contributed by atoms with van der Waals surface area (Å²) in [4.78, 5) is 52.8. The van der Waals surface area contributed by atoms with Crippen molar-refractivity contribution in [2.24, 2.45) is 4.99 Å². The molecular weight excluding hydrogens is 444 g/mol. The molecule has 34 heavy (non-hydrogen) atoms. The van der Waals surface area contributed by atoms with Crippen molar-refractivity contribution in [3.63, 3.8) is 0 Å². The highest BCUT2D eigenvalue weighted by Gasteiger charge is 2.35. The second-order valence-corrected chi connectivity index (χ2v) is 8.34. The first-order valence-electron chi connectivity index (χ1n) is 10.2. The average molecular weight is 472 g/mol. The van der Waals surface area contributed by atoms with Gasteiger partial charge in [-0.2, -0.15) is 0 Å². The molecule has 1 amide bonds. The van der Waals surface area contributed by atoms with Gasteiger partial charge in [0.15, 0.2) is 0 Å². The normalized spacial score (nSPS) is 16.3. The van der Waals surface area contributed by atoms with Gasteiger partial charge >= 0.3 is 17.9 Å². The Balaban J connectivity index is 2.23. The number of aliphatic imine (C=N–C) groups is 1. The smallest absolute Gasteiger partial charge is 0.336 e. The van der Waals surface area contributed by atoms with E-state index in [1.165, 1.54) is 27.4 Å². The van der Waals surface area contributed by atoms with Crippen molar-refractivity contribution >= 4 is 29.7 Å². The highest BCUT2D eigenvalue weighted by atomic mass is 16.5. The van der Waals surface area contributed by atoms with Crippen LogP contribution in [-0.4, -0.2) is 62.1 Å². The number of hydrogen-bond donors (Lipinski definition) is 1. The van der Waals surface area contributed by atoms with E-state index in [0.29, 0.717) is 22.8 Å². The molecule has 1 heterocycles. The summed E-state index contributed by atoms with van der Waals surface area (Å²) in [5, 5.41) is 2.72. The van der Waals surface area contributed by atoms with Crippen molar-refractivity contribution < 1.29 is 38.1 Å². The average Bonchev–Trinajstić information content (AvgIpc) is 3.09. The minimum Gasteiger partial charge on any atom is -0.466 e. The zero-order chi connectivity index (χ0) is 25.7. The fourth-order valence-corrected chi connectivity index (χ4v) is 3.03. The Morgan fingerprint density at radius 1 is 0.971 bits per heavy atom. The molecule has 1 aliphatic rings. The molecule has 0 saturated heterocycles. The predicted molar refractivity (Wildman–Crippen MR) is 122 cm³/mol. The number of nitrogens with zero attached hydrogens (tertiary/aromatic N) is 1. The van der Waals surface area contributed by atoms with Gasteiger partial charge in [-0.05, 0) is 52.0 Å². The van der Waals surface area contributed by atoms with Crippen LogP contribution in [0, 0.1) is 0 Å². The molecule has 2 rings (SSSR count). The van der Waals surface area contributed by atoms with Gasteiger partial charge in [0.2, 0.25) is 5.90 Å². The van der Waals surface area contributed by atoms with Crippen LogP contribution in [0.3, 0.4) is 0 Å². The predicted octanol–water partition coefficient (Wildman–Crippen LogP) is 2.08. The number of nitrogens with one attached hydrogen (secondary N) is 1. The molecule has 182 valence electrons. The number of amides is 1. The maximum absolute atomic E-state index is 12.8. The number of carbonyl (C=O) groups is 4. The number of esters is 3. The second kappa shape index (κ2) is 10.3. The molecule has 0 atom stereocenters. The van der Waals surface area contributed by atoms with E-state index < -0.39 is 34.9 Å². The van der Waals surface area contributed by atoms with Crippen LogP contribution in [0.25, 0.3) is 0 Å². The number of hydrogen-bond acceptors (Lipinski definition) is 9. The van der Waals surface area contributed by atoms with E-state index in [4.69, 9.17) is 9.47 Å². The molecule has 0 aliphatic carbocycles. The van der Waals surface area contributed by atoms with Crippen molar-refractivity contribution in [3.05, 3.63) is 58.9 Å². The van der Waals surface area contributed by atoms with Gasteiger partial charge in [0, 0.05) is 17.2 Å². The van der Waals surface area contributed by atoms with Crippen molar-refractivity contribution in [1.82, 2.24) is 5.32 Å². The molecule has 10 nitrogen and oxygen atoms in total. The molecule has 1 aliphatic heterocycles. The quantitative estimate of drug-likeness (QED) is 0.363. The molecule has 0 fully saturated rings. The van der Waals surface area contributed by atoms with Gasteiger partial charge in [0.25, 0.3) is 5.91 Å². The monoisotopic (exact) mass is 472 g/mol. The van der Waals surface area contributed by atoms with Crippen LogP contribution < -0.4 is 5.32 Å². The first kappa shape index (κ1) is 26.3. The van der Waals surface area contributed by atoms with E-state index in [2.05, 4.69) is 19.8 Å². The van der Waals surface area contributed by atoms with E-state index in [1.807, 2.05) is 0 Å². The van der Waals surface area contributed by atoms with Crippen LogP contribution >= 0.6 is 0 Å². The van der Waals surface area contributed by atoms with Gasteiger partial charge in [-0.25, -0.2) is 19.4 Å². The van der Waals surface area contributed by atoms with Crippen molar-refractivity contribution in [1.29, 1.82) is 0 Å². The zero-order valence-corrected chi connectivity index (χ0v) is 20.2. The third-order valence-electron chi connectivity index (χ3n) is 5.00. The molecule has 0 spiro atoms. The molecule has 0 saturated carbocycles. The summed E-state index contributed by atoms with van der Waals surface area (Å²) in [6.45, 7) is 6.70. The second-order valence-electron chi connectivity index (χ2n) is 8.34. The molecule has 1 aromatic rings. The summed E-state index contributed by atoms with van der Waals surface area (Å²) in [6, 6.07) is 6.40. The van der Waals surface area contributed by atoms with E-state index in [-0.39, 0.29) is 5.57 Å². The first-order chi connectivity index (χ1) is 15.8. The number of benzene rings is 1. The topological polar surface area (TPSA) is 130 Å². The Bertz CT molecular complexity index is 1080. The first-order valence-corrected chi connectivity index (χ1v) is 10.2. The van der Waals surface area contributed by atoms with Crippen LogP contribution in [0.4, 0.5) is 0 Å². The molecular formula is C24H28N2O8. The maximum Gasteiger partial charge on any atom is 0.336 e. The zero-order valence-electron chi connectivity index (χ0n) is 20.2. The summed E-state index contributed by atoms with van der Waals surface area (Å²) in [5.41, 5.74) is -1.19. The van der Waals surface area contributed by atoms with Crippen LogP contribution in [-0.2, 0) is 33.3 Å². The Hall–Kier alpha value is -3.95. The lowest BCUT2D eigenvalue weighted by molar-refractivity contribution is -0.139. The molecule has 0 bridgehead atoms. The van der Waals surface area contributed by atoms with Gasteiger partial charge < -0.3 is 24.3 Å². The molecule has 0 unspecified atom stereocenters. The standard InChI is InChI=1S/C24H28N2O8/c1-23(2,16(22(30)33-7)12-18(27)31-5)25-20(29)14-8-10-15(11-9-14)21-26-24(3,4)17(34-21)13-19(28)32-6/h8-13H,1-7H3,(H,25,29)/b16-12+,17-13+. The van der Waals surface area contributed by atoms with Gasteiger partial charge in [-0.1, -0.05) is 0 Å². The van der Waals surface area contributed by atoms with Gasteiger partial charge in [-0.15, -0.1) is 0 Å². The van der Waals surface area contributed by atoms with Crippen LogP contribution in [0.15, 0.2) is 52.7 Å². The van der Waals surface area contributed by atoms with E-state index in [9.17, 15) is 19.2 Å². The Morgan fingerprint density at radius 2 is 1.56 bits per heavy atom. The number of methoxy groups -OCH3 is 3. The number of rotatable bonds is 7. The molecule has 1 aromatic carbocycles. The third kappa shape index (κ3) is 6.09. The van der Waals surface area contributed by atoms with E-state index >= 15 is 0 Å². The minimum atomic E-state index is -1.24. The van der Waals surface area contributed by atoms with Crippen LogP contribution in [0.2, 0.25) is 0 Å². The third-order valence-corrected chi connectivity index (χ3v) is 5.00. The highest BCUT2D eigenvalue weighted by molar-refractivity contribution is 6.02. The fourth-order valence-electron chi connectivity index (χ4n) is 3.03. The van der Waals surface area contributed by atoms with E-state index in [0.717, 1.165) is 6.08 Å². The van der Waals surface area contributed by atoms with Gasteiger partial charge in [0.1, 0.15) is 11.3 Å². The summed E-state index contributed by atoms with van der Waals surface area (Å²) in [5.74, 6) is -1.94. The number of ether oxygens (including phenoxy) is 4. The molecule has 0 aromatic heterocycles. The highest BCUT2D eigenvalue weighted by Crippen LogP contribution is 2.31. The van der Waals surface area contributed by atoms with Crippen molar-refractivity contribution in [3.8, 4) is 0 Å². The van der Waals surface area contributed by atoms with Gasteiger partial charge in [-0.3, -0.25) is 4.79 Å².